The van der Waals surface area contributed by atoms with Gasteiger partial charge < -0.3 is 9.64 Å². The van der Waals surface area contributed by atoms with Gasteiger partial charge in [0.15, 0.2) is 0 Å². The van der Waals surface area contributed by atoms with Gasteiger partial charge in [0, 0.05) is 44.4 Å². The Kier molecular flexibility index (Phi) is 7.31. The van der Waals surface area contributed by atoms with Crippen LogP contribution in [0.15, 0.2) is 53.5 Å². The van der Waals surface area contributed by atoms with Crippen molar-refractivity contribution in [1.29, 1.82) is 0 Å². The lowest BCUT2D eigenvalue weighted by molar-refractivity contribution is -0.385. The third-order valence-corrected chi connectivity index (χ3v) is 5.16. The molecule has 1 aliphatic rings. The standard InChI is InChI=1S/C21H26N4O5/c1-17(13-22-9-11-30-12-10-22)24(14-18-5-3-2-4-6-18)21(27)16-23-15-19(25(28)29)7-8-20(23)26/h2-8,15,17H,9-14,16H2,1H3. The fraction of sp³-hybridized carbons (Fsp3) is 0.429. The molecular weight excluding hydrogens is 388 g/mol. The van der Waals surface area contributed by atoms with Crippen LogP contribution in [0.25, 0.3) is 0 Å². The van der Waals surface area contributed by atoms with Gasteiger partial charge in [0.25, 0.3) is 11.2 Å². The zero-order chi connectivity index (χ0) is 21.5. The van der Waals surface area contributed by atoms with Gasteiger partial charge in [0.2, 0.25) is 5.91 Å². The predicted octanol–water partition coefficient (Wildman–Crippen LogP) is 1.51. The normalized spacial score (nSPS) is 15.5. The number of aromatic nitrogens is 1. The molecule has 160 valence electrons. The van der Waals surface area contributed by atoms with E-state index in [1.807, 2.05) is 37.3 Å². The van der Waals surface area contributed by atoms with Crippen molar-refractivity contribution in [2.45, 2.75) is 26.1 Å². The zero-order valence-corrected chi connectivity index (χ0v) is 17.0. The van der Waals surface area contributed by atoms with Gasteiger partial charge in [-0.1, -0.05) is 30.3 Å². The molecule has 1 saturated heterocycles. The predicted molar refractivity (Wildman–Crippen MR) is 111 cm³/mol. The van der Waals surface area contributed by atoms with Gasteiger partial charge in [-0.2, -0.15) is 0 Å². The number of rotatable bonds is 8. The van der Waals surface area contributed by atoms with Crippen LogP contribution in [0.3, 0.4) is 0 Å². The van der Waals surface area contributed by atoms with Crippen LogP contribution in [0.4, 0.5) is 5.69 Å². The molecule has 0 bridgehead atoms. The van der Waals surface area contributed by atoms with Gasteiger partial charge in [-0.25, -0.2) is 0 Å². The first-order valence-electron chi connectivity index (χ1n) is 9.92. The first-order chi connectivity index (χ1) is 14.4. The maximum atomic E-state index is 13.2. The number of hydrogen-bond donors (Lipinski definition) is 0. The Bertz CT molecular complexity index is 924. The number of hydrogen-bond acceptors (Lipinski definition) is 6. The van der Waals surface area contributed by atoms with Gasteiger partial charge in [-0.05, 0) is 12.5 Å². The summed E-state index contributed by atoms with van der Waals surface area (Å²) >= 11 is 0. The maximum absolute atomic E-state index is 13.2. The van der Waals surface area contributed by atoms with Crippen LogP contribution >= 0.6 is 0 Å². The Hall–Kier alpha value is -3.04. The lowest BCUT2D eigenvalue weighted by atomic mass is 10.1. The molecule has 0 saturated carbocycles. The van der Waals surface area contributed by atoms with E-state index in [4.69, 9.17) is 4.74 Å². The molecule has 3 rings (SSSR count). The quantitative estimate of drug-likeness (QED) is 0.480. The van der Waals surface area contributed by atoms with E-state index in [9.17, 15) is 19.7 Å². The Morgan fingerprint density at radius 2 is 1.90 bits per heavy atom. The lowest BCUT2D eigenvalue weighted by Gasteiger charge is -2.35. The highest BCUT2D eigenvalue weighted by molar-refractivity contribution is 5.76. The minimum absolute atomic E-state index is 0.106. The molecule has 1 fully saturated rings. The summed E-state index contributed by atoms with van der Waals surface area (Å²) in [5.74, 6) is -0.262. The van der Waals surface area contributed by atoms with Crippen molar-refractivity contribution in [3.8, 4) is 0 Å². The van der Waals surface area contributed by atoms with Crippen LogP contribution in [0, 0.1) is 10.1 Å². The number of carbonyl (C=O) groups excluding carboxylic acids is 1. The van der Waals surface area contributed by atoms with Crippen molar-refractivity contribution in [2.24, 2.45) is 0 Å². The van der Waals surface area contributed by atoms with Crippen LogP contribution in [0.5, 0.6) is 0 Å². The molecule has 0 N–H and O–H groups in total. The van der Waals surface area contributed by atoms with E-state index in [1.54, 1.807) is 4.90 Å². The Balaban J connectivity index is 1.79. The number of nitrogens with zero attached hydrogens (tertiary/aromatic N) is 4. The van der Waals surface area contributed by atoms with Crippen molar-refractivity contribution in [2.75, 3.05) is 32.8 Å². The molecule has 30 heavy (non-hydrogen) atoms. The summed E-state index contributed by atoms with van der Waals surface area (Å²) in [5, 5.41) is 11.0. The molecule has 1 aromatic heterocycles. The molecule has 2 heterocycles. The van der Waals surface area contributed by atoms with Gasteiger partial charge in [0.1, 0.15) is 6.54 Å². The Labute approximate surface area is 174 Å². The van der Waals surface area contributed by atoms with Crippen LogP contribution in [-0.4, -0.2) is 64.1 Å². The summed E-state index contributed by atoms with van der Waals surface area (Å²) in [6.07, 6.45) is 1.12. The van der Waals surface area contributed by atoms with Gasteiger partial charge in [0.05, 0.1) is 24.3 Å². The van der Waals surface area contributed by atoms with E-state index in [0.29, 0.717) is 26.3 Å². The average molecular weight is 414 g/mol. The van der Waals surface area contributed by atoms with E-state index in [2.05, 4.69) is 4.90 Å². The molecule has 1 atom stereocenters. The Morgan fingerprint density at radius 1 is 1.20 bits per heavy atom. The second-order valence-electron chi connectivity index (χ2n) is 7.38. The van der Waals surface area contributed by atoms with Crippen molar-refractivity contribution in [3.63, 3.8) is 0 Å². The van der Waals surface area contributed by atoms with Crippen LogP contribution < -0.4 is 5.56 Å². The average Bonchev–Trinajstić information content (AvgIpc) is 2.74. The molecule has 2 aromatic rings. The number of benzene rings is 1. The van der Waals surface area contributed by atoms with Crippen LogP contribution in [0.2, 0.25) is 0 Å². The lowest BCUT2D eigenvalue weighted by Crippen LogP contribution is -2.49. The topological polar surface area (TPSA) is 97.9 Å². The van der Waals surface area contributed by atoms with E-state index >= 15 is 0 Å². The van der Waals surface area contributed by atoms with Crippen molar-refractivity contribution < 1.29 is 14.5 Å². The number of morpholine rings is 1. The van der Waals surface area contributed by atoms with Gasteiger partial charge >= 0.3 is 0 Å². The molecule has 0 aliphatic carbocycles. The minimum Gasteiger partial charge on any atom is -0.379 e. The molecule has 9 heteroatoms. The molecule has 9 nitrogen and oxygen atoms in total. The first-order valence-corrected chi connectivity index (χ1v) is 9.92. The van der Waals surface area contributed by atoms with Crippen molar-refractivity contribution in [3.05, 3.63) is 74.7 Å². The van der Waals surface area contributed by atoms with Crippen molar-refractivity contribution in [1.82, 2.24) is 14.4 Å². The summed E-state index contributed by atoms with van der Waals surface area (Å²) in [6.45, 7) is 5.77. The second-order valence-corrected chi connectivity index (χ2v) is 7.38. The fourth-order valence-electron chi connectivity index (χ4n) is 3.51. The molecule has 0 radical (unpaired) electrons. The van der Waals surface area contributed by atoms with Crippen LogP contribution in [0.1, 0.15) is 12.5 Å². The monoisotopic (exact) mass is 414 g/mol. The first kappa shape index (κ1) is 21.7. The third kappa shape index (κ3) is 5.74. The highest BCUT2D eigenvalue weighted by atomic mass is 16.6. The minimum atomic E-state index is -0.580. The molecule has 1 unspecified atom stereocenters. The Morgan fingerprint density at radius 3 is 2.57 bits per heavy atom. The maximum Gasteiger partial charge on any atom is 0.285 e. The molecule has 1 aliphatic heterocycles. The van der Waals surface area contributed by atoms with E-state index in [1.165, 1.54) is 0 Å². The molecule has 0 spiro atoms. The highest BCUT2D eigenvalue weighted by Gasteiger charge is 2.24. The summed E-state index contributed by atoms with van der Waals surface area (Å²) < 4.78 is 6.49. The third-order valence-electron chi connectivity index (χ3n) is 5.16. The number of ether oxygens (including phenoxy) is 1. The highest BCUT2D eigenvalue weighted by Crippen LogP contribution is 2.13. The smallest absolute Gasteiger partial charge is 0.285 e. The van der Waals surface area contributed by atoms with Gasteiger partial charge in [-0.3, -0.25) is 29.2 Å². The van der Waals surface area contributed by atoms with Crippen molar-refractivity contribution >= 4 is 11.6 Å². The summed E-state index contributed by atoms with van der Waals surface area (Å²) in [7, 11) is 0. The van der Waals surface area contributed by atoms with Gasteiger partial charge in [-0.15, -0.1) is 0 Å². The number of carbonyl (C=O) groups is 1. The van der Waals surface area contributed by atoms with E-state index < -0.39 is 10.5 Å². The SMILES string of the molecule is CC(CN1CCOCC1)N(Cc1ccccc1)C(=O)Cn1cc([N+](=O)[O-])ccc1=O. The number of amides is 1. The second kappa shape index (κ2) is 10.1. The summed E-state index contributed by atoms with van der Waals surface area (Å²) in [5.41, 5.74) is 0.305. The largest absolute Gasteiger partial charge is 0.379 e. The van der Waals surface area contributed by atoms with E-state index in [0.717, 1.165) is 41.5 Å². The number of nitro groups is 1. The molecule has 1 aromatic carbocycles. The number of pyridine rings is 1. The fourth-order valence-corrected chi connectivity index (χ4v) is 3.51. The van der Waals surface area contributed by atoms with E-state index in [-0.39, 0.29) is 24.2 Å². The van der Waals surface area contributed by atoms with Crippen LogP contribution in [-0.2, 0) is 22.6 Å². The summed E-state index contributed by atoms with van der Waals surface area (Å²) in [4.78, 5) is 39.8. The summed E-state index contributed by atoms with van der Waals surface area (Å²) in [6, 6.07) is 11.8. The molecular formula is C21H26N4O5. The molecule has 1 amide bonds. The zero-order valence-electron chi connectivity index (χ0n) is 17.0.